The van der Waals surface area contributed by atoms with Gasteiger partial charge in [-0.15, -0.1) is 0 Å². The van der Waals surface area contributed by atoms with Gasteiger partial charge in [-0.3, -0.25) is 0 Å². The molecule has 2 N–H and O–H groups in total. The molecule has 0 fully saturated rings. The highest BCUT2D eigenvalue weighted by atomic mass is 15.2. The van der Waals surface area contributed by atoms with Gasteiger partial charge >= 0.3 is 0 Å². The van der Waals surface area contributed by atoms with Crippen molar-refractivity contribution in [2.24, 2.45) is 5.73 Å². The molecule has 106 valence electrons. The second-order valence-corrected chi connectivity index (χ2v) is 5.06. The Morgan fingerprint density at radius 3 is 2.52 bits per heavy atom. The summed E-state index contributed by atoms with van der Waals surface area (Å²) >= 11 is 0. The van der Waals surface area contributed by atoms with Crippen LogP contribution in [-0.4, -0.2) is 17.0 Å². The largest absolute Gasteiger partial charge is 0.340 e. The molecule has 3 rings (SSSR count). The van der Waals surface area contributed by atoms with Gasteiger partial charge < -0.3 is 10.6 Å². The third-order valence-corrected chi connectivity index (χ3v) is 3.56. The van der Waals surface area contributed by atoms with Crippen LogP contribution in [0.1, 0.15) is 11.1 Å². The first kappa shape index (κ1) is 13.5. The number of aromatic nitrogens is 2. The number of nitrogens with zero attached hydrogens (tertiary/aromatic N) is 3. The molecule has 4 heteroatoms. The van der Waals surface area contributed by atoms with E-state index in [-0.39, 0.29) is 0 Å². The normalized spacial score (nSPS) is 10.8. The van der Waals surface area contributed by atoms with Crippen molar-refractivity contribution < 1.29 is 0 Å². The zero-order valence-corrected chi connectivity index (χ0v) is 12.0. The number of fused-ring (bicyclic) bond motifs is 1. The summed E-state index contributed by atoms with van der Waals surface area (Å²) in [5, 5.41) is 1.05. The summed E-state index contributed by atoms with van der Waals surface area (Å²) in [5.74, 6) is 0.723. The molecule has 0 bridgehead atoms. The number of para-hydroxylation sites is 1. The molecule has 3 aromatic rings. The van der Waals surface area contributed by atoms with E-state index in [2.05, 4.69) is 22.1 Å². The lowest BCUT2D eigenvalue weighted by Crippen LogP contribution is -2.20. The molecule has 0 aliphatic heterocycles. The molecule has 2 aromatic carbocycles. The van der Waals surface area contributed by atoms with Gasteiger partial charge in [0.2, 0.25) is 5.95 Å². The van der Waals surface area contributed by atoms with Crippen molar-refractivity contribution in [3.05, 3.63) is 65.9 Å². The number of hydrogen-bond donors (Lipinski definition) is 1. The maximum absolute atomic E-state index is 5.79. The minimum Gasteiger partial charge on any atom is -0.340 e. The minimum atomic E-state index is 0.544. The molecule has 0 atom stereocenters. The number of nitrogens with two attached hydrogens (primary N) is 1. The molecule has 0 spiro atoms. The summed E-state index contributed by atoms with van der Waals surface area (Å²) in [6.45, 7) is 1.29. The van der Waals surface area contributed by atoms with Crippen LogP contribution >= 0.6 is 0 Å². The van der Waals surface area contributed by atoms with Crippen LogP contribution in [0.25, 0.3) is 10.9 Å². The van der Waals surface area contributed by atoms with Crippen molar-refractivity contribution >= 4 is 16.9 Å². The van der Waals surface area contributed by atoms with Crippen LogP contribution < -0.4 is 10.6 Å². The van der Waals surface area contributed by atoms with Gasteiger partial charge in [0.25, 0.3) is 0 Å². The highest BCUT2D eigenvalue weighted by Gasteiger charge is 2.08. The molecule has 0 saturated heterocycles. The smallest absolute Gasteiger partial charge is 0.225 e. The predicted molar refractivity (Wildman–Crippen MR) is 86.0 cm³/mol. The Bertz CT molecular complexity index is 754. The first-order valence-corrected chi connectivity index (χ1v) is 6.97. The molecule has 4 nitrogen and oxygen atoms in total. The number of benzene rings is 2. The summed E-state index contributed by atoms with van der Waals surface area (Å²) < 4.78 is 0. The average Bonchev–Trinajstić information content (AvgIpc) is 2.55. The van der Waals surface area contributed by atoms with Crippen molar-refractivity contribution in [3.8, 4) is 0 Å². The fourth-order valence-corrected chi connectivity index (χ4v) is 2.38. The highest BCUT2D eigenvalue weighted by Crippen LogP contribution is 2.17. The van der Waals surface area contributed by atoms with Gasteiger partial charge in [-0.25, -0.2) is 9.97 Å². The average molecular weight is 278 g/mol. The summed E-state index contributed by atoms with van der Waals surface area (Å²) in [5.41, 5.74) is 9.11. The molecule has 0 aliphatic carbocycles. The Kier molecular flexibility index (Phi) is 3.79. The topological polar surface area (TPSA) is 55.0 Å². The third-order valence-electron chi connectivity index (χ3n) is 3.56. The molecule has 0 radical (unpaired) electrons. The molecule has 0 saturated carbocycles. The lowest BCUT2D eigenvalue weighted by atomic mass is 10.1. The summed E-state index contributed by atoms with van der Waals surface area (Å²) in [6.07, 6.45) is 1.86. The van der Waals surface area contributed by atoms with Crippen LogP contribution in [0.2, 0.25) is 0 Å². The van der Waals surface area contributed by atoms with E-state index in [0.29, 0.717) is 6.54 Å². The van der Waals surface area contributed by atoms with Crippen LogP contribution in [0.5, 0.6) is 0 Å². The van der Waals surface area contributed by atoms with Crippen molar-refractivity contribution in [1.29, 1.82) is 0 Å². The molecular weight excluding hydrogens is 260 g/mol. The Morgan fingerprint density at radius 2 is 1.71 bits per heavy atom. The number of rotatable bonds is 4. The molecular formula is C17H18N4. The van der Waals surface area contributed by atoms with Crippen LogP contribution in [0.15, 0.2) is 54.7 Å². The predicted octanol–water partition coefficient (Wildman–Crippen LogP) is 2.72. The molecule has 0 aliphatic rings. The second kappa shape index (κ2) is 5.89. The monoisotopic (exact) mass is 278 g/mol. The van der Waals surface area contributed by atoms with Crippen LogP contribution in [-0.2, 0) is 13.1 Å². The molecule has 0 unspecified atom stereocenters. The fraction of sp³-hybridized carbons (Fsp3) is 0.176. The van der Waals surface area contributed by atoms with Crippen molar-refractivity contribution in [1.82, 2.24) is 9.97 Å². The Hall–Kier alpha value is -2.46. The van der Waals surface area contributed by atoms with Gasteiger partial charge in [0.15, 0.2) is 0 Å². The molecule has 21 heavy (non-hydrogen) atoms. The SMILES string of the molecule is CN(Cc1ccccc1CN)c1ncc2ccccc2n1. The first-order valence-electron chi connectivity index (χ1n) is 6.97. The van der Waals surface area contributed by atoms with Crippen LogP contribution in [0.4, 0.5) is 5.95 Å². The van der Waals surface area contributed by atoms with E-state index in [0.717, 1.165) is 29.0 Å². The standard InChI is InChI=1S/C17H18N4/c1-21(12-15-8-3-2-6-13(15)10-18)17-19-11-14-7-4-5-9-16(14)20-17/h2-9,11H,10,12,18H2,1H3. The van der Waals surface area contributed by atoms with E-state index in [9.17, 15) is 0 Å². The van der Waals surface area contributed by atoms with E-state index < -0.39 is 0 Å². The van der Waals surface area contributed by atoms with E-state index in [1.165, 1.54) is 5.56 Å². The second-order valence-electron chi connectivity index (χ2n) is 5.06. The van der Waals surface area contributed by atoms with Gasteiger partial charge in [-0.1, -0.05) is 42.5 Å². The Labute approximate surface area is 124 Å². The van der Waals surface area contributed by atoms with Gasteiger partial charge in [0.1, 0.15) is 0 Å². The molecule has 1 heterocycles. The third kappa shape index (κ3) is 2.85. The molecule has 1 aromatic heterocycles. The van der Waals surface area contributed by atoms with Gasteiger partial charge in [-0.2, -0.15) is 0 Å². The lowest BCUT2D eigenvalue weighted by molar-refractivity contribution is 0.856. The lowest BCUT2D eigenvalue weighted by Gasteiger charge is -2.19. The summed E-state index contributed by atoms with van der Waals surface area (Å²) in [4.78, 5) is 11.1. The fourth-order valence-electron chi connectivity index (χ4n) is 2.38. The van der Waals surface area contributed by atoms with E-state index in [1.54, 1.807) is 0 Å². The van der Waals surface area contributed by atoms with E-state index in [1.807, 2.05) is 54.5 Å². The summed E-state index contributed by atoms with van der Waals surface area (Å²) in [7, 11) is 2.00. The quantitative estimate of drug-likeness (QED) is 0.797. The van der Waals surface area contributed by atoms with Gasteiger partial charge in [-0.05, 0) is 17.2 Å². The first-order chi connectivity index (χ1) is 10.3. The van der Waals surface area contributed by atoms with Crippen molar-refractivity contribution in [2.75, 3.05) is 11.9 Å². The zero-order chi connectivity index (χ0) is 14.7. The van der Waals surface area contributed by atoms with Crippen molar-refractivity contribution in [2.45, 2.75) is 13.1 Å². The number of anilines is 1. The van der Waals surface area contributed by atoms with Crippen LogP contribution in [0, 0.1) is 0 Å². The van der Waals surface area contributed by atoms with E-state index >= 15 is 0 Å². The van der Waals surface area contributed by atoms with Gasteiger partial charge in [0.05, 0.1) is 5.52 Å². The van der Waals surface area contributed by atoms with E-state index in [4.69, 9.17) is 5.73 Å². The number of hydrogen-bond acceptors (Lipinski definition) is 4. The van der Waals surface area contributed by atoms with Gasteiger partial charge in [0, 0.05) is 31.7 Å². The maximum Gasteiger partial charge on any atom is 0.225 e. The highest BCUT2D eigenvalue weighted by molar-refractivity contribution is 5.78. The minimum absolute atomic E-state index is 0.544. The molecule has 0 amide bonds. The Balaban J connectivity index is 1.88. The van der Waals surface area contributed by atoms with Crippen molar-refractivity contribution in [3.63, 3.8) is 0 Å². The zero-order valence-electron chi connectivity index (χ0n) is 12.0. The summed E-state index contributed by atoms with van der Waals surface area (Å²) in [6, 6.07) is 16.2. The van der Waals surface area contributed by atoms with Crippen LogP contribution in [0.3, 0.4) is 0 Å². The maximum atomic E-state index is 5.79. The Morgan fingerprint density at radius 1 is 1.00 bits per heavy atom.